The maximum Gasteiger partial charge on any atom is 0.344 e. The van der Waals surface area contributed by atoms with Crippen LogP contribution in [0.4, 0.5) is 8.78 Å². The highest BCUT2D eigenvalue weighted by Crippen LogP contribution is 2.18. The van der Waals surface area contributed by atoms with E-state index < -0.39 is 24.2 Å². The van der Waals surface area contributed by atoms with Crippen molar-refractivity contribution in [1.29, 1.82) is 0 Å². The van der Waals surface area contributed by atoms with Crippen LogP contribution in [0.25, 0.3) is 0 Å². The third-order valence-electron chi connectivity index (χ3n) is 1.50. The first-order valence-electron chi connectivity index (χ1n) is 4.28. The second-order valence-corrected chi connectivity index (χ2v) is 2.58. The molecule has 0 atom stereocenters. The Bertz CT molecular complexity index is 353. The van der Waals surface area contributed by atoms with Gasteiger partial charge in [0.2, 0.25) is 5.82 Å². The molecule has 0 bridgehead atoms. The Hall–Kier alpha value is -1.65. The Morgan fingerprint density at radius 2 is 2.20 bits per heavy atom. The quantitative estimate of drug-likeness (QED) is 0.717. The number of ether oxygens (including phenoxy) is 2. The van der Waals surface area contributed by atoms with Crippen LogP contribution in [0.5, 0.6) is 5.75 Å². The first-order valence-corrected chi connectivity index (χ1v) is 4.28. The monoisotopic (exact) mass is 215 g/mol. The van der Waals surface area contributed by atoms with E-state index in [1.54, 1.807) is 6.92 Å². The molecule has 0 fully saturated rings. The average Bonchev–Trinajstić information content (AvgIpc) is 2.21. The summed E-state index contributed by atoms with van der Waals surface area (Å²) in [6, 6.07) is 4.28. The lowest BCUT2D eigenvalue weighted by Crippen LogP contribution is -2.15. The van der Waals surface area contributed by atoms with Gasteiger partial charge in [-0.2, -0.15) is 4.39 Å². The minimum Gasteiger partial charge on any atom is -0.479 e. The van der Waals surface area contributed by atoms with Gasteiger partial charge in [-0.15, -0.1) is 0 Å². The molecule has 0 aliphatic heterocycles. The van der Waals surface area contributed by atoms with E-state index in [-0.39, 0.29) is 12.4 Å². The molecular formula is C10H9F2O3. The Labute approximate surface area is 85.6 Å². The average molecular weight is 215 g/mol. The third kappa shape index (κ3) is 3.19. The number of carbonyl (C=O) groups excluding carboxylic acids is 1. The molecule has 0 aliphatic carbocycles. The summed E-state index contributed by atoms with van der Waals surface area (Å²) in [5.41, 5.74) is 0. The van der Waals surface area contributed by atoms with Crippen molar-refractivity contribution in [1.82, 2.24) is 0 Å². The lowest BCUT2D eigenvalue weighted by Gasteiger charge is -2.06. The predicted octanol–water partition coefficient (Wildman–Crippen LogP) is 1.71. The molecule has 0 spiro atoms. The maximum atomic E-state index is 13.0. The summed E-state index contributed by atoms with van der Waals surface area (Å²) in [7, 11) is 0. The summed E-state index contributed by atoms with van der Waals surface area (Å²) in [6.07, 6.45) is 0. The number of esters is 1. The van der Waals surface area contributed by atoms with Gasteiger partial charge in [-0.3, -0.25) is 0 Å². The molecule has 1 radical (unpaired) electrons. The standard InChI is InChI=1S/C10H9F2O3/c1-2-14-9(13)6-15-8-5-3-4-7(11)10(8)12/h4-5H,2,6H2,1H3. The summed E-state index contributed by atoms with van der Waals surface area (Å²) in [4.78, 5) is 10.8. The summed E-state index contributed by atoms with van der Waals surface area (Å²) in [5, 5.41) is 0. The van der Waals surface area contributed by atoms with Crippen LogP contribution in [-0.4, -0.2) is 19.2 Å². The normalized spacial score (nSPS) is 9.80. The summed E-state index contributed by atoms with van der Waals surface area (Å²) in [6.45, 7) is 1.39. The molecule has 0 unspecified atom stereocenters. The first-order chi connectivity index (χ1) is 7.15. The van der Waals surface area contributed by atoms with Crippen molar-refractivity contribution in [3.8, 4) is 5.75 Å². The minimum atomic E-state index is -1.14. The highest BCUT2D eigenvalue weighted by atomic mass is 19.2. The summed E-state index contributed by atoms with van der Waals surface area (Å²) in [5.74, 6) is -3.21. The maximum absolute atomic E-state index is 13.0. The fourth-order valence-electron chi connectivity index (χ4n) is 0.879. The Kier molecular flexibility index (Phi) is 4.03. The highest BCUT2D eigenvalue weighted by Gasteiger charge is 2.10. The van der Waals surface area contributed by atoms with Gasteiger partial charge in [0, 0.05) is 0 Å². The zero-order chi connectivity index (χ0) is 11.3. The molecule has 15 heavy (non-hydrogen) atoms. The molecule has 0 heterocycles. The molecule has 5 heteroatoms. The largest absolute Gasteiger partial charge is 0.479 e. The van der Waals surface area contributed by atoms with Gasteiger partial charge >= 0.3 is 5.97 Å². The van der Waals surface area contributed by atoms with E-state index in [4.69, 9.17) is 4.74 Å². The SMILES string of the molecule is CCOC(=O)COc1c[c]cc(F)c1F. The van der Waals surface area contributed by atoms with Crippen LogP contribution in [0.1, 0.15) is 6.92 Å². The van der Waals surface area contributed by atoms with Crippen molar-refractivity contribution >= 4 is 5.97 Å². The molecule has 3 nitrogen and oxygen atoms in total. The Balaban J connectivity index is 2.58. The molecule has 0 aliphatic rings. The van der Waals surface area contributed by atoms with E-state index in [2.05, 4.69) is 10.8 Å². The molecule has 1 aromatic carbocycles. The number of rotatable bonds is 4. The number of hydrogen-bond acceptors (Lipinski definition) is 3. The van der Waals surface area contributed by atoms with Gasteiger partial charge in [0.1, 0.15) is 0 Å². The molecular weight excluding hydrogens is 206 g/mol. The van der Waals surface area contributed by atoms with Crippen LogP contribution in [0.2, 0.25) is 0 Å². The molecule has 0 saturated carbocycles. The lowest BCUT2D eigenvalue weighted by atomic mass is 10.3. The molecule has 0 aromatic heterocycles. The predicted molar refractivity (Wildman–Crippen MR) is 47.3 cm³/mol. The van der Waals surface area contributed by atoms with Gasteiger partial charge in [-0.1, -0.05) is 0 Å². The van der Waals surface area contributed by atoms with E-state index in [1.165, 1.54) is 0 Å². The van der Waals surface area contributed by atoms with E-state index in [0.717, 1.165) is 12.1 Å². The van der Waals surface area contributed by atoms with Gasteiger partial charge in [-0.25, -0.2) is 9.18 Å². The van der Waals surface area contributed by atoms with Gasteiger partial charge in [0.25, 0.3) is 0 Å². The first kappa shape index (κ1) is 11.4. The number of carbonyl (C=O) groups is 1. The minimum absolute atomic E-state index is 0.208. The molecule has 1 rings (SSSR count). The van der Waals surface area contributed by atoms with Crippen molar-refractivity contribution in [3.63, 3.8) is 0 Å². The van der Waals surface area contributed by atoms with Crippen LogP contribution in [0.3, 0.4) is 0 Å². The molecule has 0 saturated heterocycles. The van der Waals surface area contributed by atoms with Gasteiger partial charge in [0.05, 0.1) is 6.61 Å². The fraction of sp³-hybridized carbons (Fsp3) is 0.300. The van der Waals surface area contributed by atoms with Crippen molar-refractivity contribution < 1.29 is 23.0 Å². The van der Waals surface area contributed by atoms with Gasteiger partial charge in [-0.05, 0) is 25.1 Å². The molecule has 0 amide bonds. The summed E-state index contributed by atoms with van der Waals surface area (Å²) >= 11 is 0. The van der Waals surface area contributed by atoms with E-state index in [9.17, 15) is 13.6 Å². The third-order valence-corrected chi connectivity index (χ3v) is 1.50. The second kappa shape index (κ2) is 5.29. The number of benzene rings is 1. The molecule has 81 valence electrons. The van der Waals surface area contributed by atoms with E-state index in [1.807, 2.05) is 0 Å². The van der Waals surface area contributed by atoms with Gasteiger partial charge < -0.3 is 9.47 Å². The lowest BCUT2D eigenvalue weighted by molar-refractivity contribution is -0.145. The smallest absolute Gasteiger partial charge is 0.344 e. The molecule has 0 N–H and O–H groups in total. The van der Waals surface area contributed by atoms with E-state index in [0.29, 0.717) is 0 Å². The van der Waals surface area contributed by atoms with Crippen molar-refractivity contribution in [2.75, 3.05) is 13.2 Å². The molecule has 1 aromatic rings. The topological polar surface area (TPSA) is 35.5 Å². The highest BCUT2D eigenvalue weighted by molar-refractivity contribution is 5.71. The Morgan fingerprint density at radius 3 is 2.87 bits per heavy atom. The van der Waals surface area contributed by atoms with Crippen molar-refractivity contribution in [3.05, 3.63) is 29.8 Å². The van der Waals surface area contributed by atoms with Crippen molar-refractivity contribution in [2.45, 2.75) is 6.92 Å². The van der Waals surface area contributed by atoms with Crippen LogP contribution < -0.4 is 4.74 Å². The second-order valence-electron chi connectivity index (χ2n) is 2.58. The van der Waals surface area contributed by atoms with Crippen molar-refractivity contribution in [2.24, 2.45) is 0 Å². The summed E-state index contributed by atoms with van der Waals surface area (Å²) < 4.78 is 34.9. The Morgan fingerprint density at radius 1 is 1.47 bits per heavy atom. The fourth-order valence-corrected chi connectivity index (χ4v) is 0.879. The van der Waals surface area contributed by atoms with Crippen LogP contribution in [-0.2, 0) is 9.53 Å². The van der Waals surface area contributed by atoms with Gasteiger partial charge in [0.15, 0.2) is 18.2 Å². The number of halogens is 2. The zero-order valence-electron chi connectivity index (χ0n) is 8.05. The van der Waals surface area contributed by atoms with Crippen LogP contribution >= 0.6 is 0 Å². The number of hydrogen-bond donors (Lipinski definition) is 0. The van der Waals surface area contributed by atoms with E-state index >= 15 is 0 Å². The zero-order valence-corrected chi connectivity index (χ0v) is 8.05. The van der Waals surface area contributed by atoms with Crippen LogP contribution in [0, 0.1) is 17.7 Å². The van der Waals surface area contributed by atoms with Crippen LogP contribution in [0.15, 0.2) is 12.1 Å².